The molecule has 0 aliphatic carbocycles. The van der Waals surface area contributed by atoms with E-state index in [1.54, 1.807) is 12.1 Å². The first kappa shape index (κ1) is 13.6. The molecule has 0 saturated heterocycles. The highest BCUT2D eigenvalue weighted by atomic mass is 19.1. The van der Waals surface area contributed by atoms with Crippen molar-refractivity contribution in [2.45, 2.75) is 26.0 Å². The van der Waals surface area contributed by atoms with Gasteiger partial charge in [-0.05, 0) is 30.2 Å². The first-order valence-electron chi connectivity index (χ1n) is 6.42. The molecule has 0 radical (unpaired) electrons. The standard InChI is InChI=1S/C16H18FNO/c1-2-15(18)14-5-3-4-6-16(14)19-11-12-7-9-13(17)10-8-12/h3-10,15H,2,11,18H2,1H3. The lowest BCUT2D eigenvalue weighted by molar-refractivity contribution is 0.300. The Bertz CT molecular complexity index is 525. The van der Waals surface area contributed by atoms with Crippen molar-refractivity contribution < 1.29 is 9.13 Å². The third-order valence-corrected chi connectivity index (χ3v) is 3.07. The fourth-order valence-corrected chi connectivity index (χ4v) is 1.88. The Labute approximate surface area is 113 Å². The van der Waals surface area contributed by atoms with E-state index in [0.717, 1.165) is 23.3 Å². The van der Waals surface area contributed by atoms with E-state index in [2.05, 4.69) is 0 Å². The van der Waals surface area contributed by atoms with Crippen LogP contribution in [-0.2, 0) is 6.61 Å². The Morgan fingerprint density at radius 2 is 1.79 bits per heavy atom. The molecule has 0 aliphatic rings. The Hall–Kier alpha value is -1.87. The minimum atomic E-state index is -0.239. The Kier molecular flexibility index (Phi) is 4.53. The average molecular weight is 259 g/mol. The molecule has 1 atom stereocenters. The summed E-state index contributed by atoms with van der Waals surface area (Å²) in [5.74, 6) is 0.554. The monoisotopic (exact) mass is 259 g/mol. The molecule has 2 N–H and O–H groups in total. The van der Waals surface area contributed by atoms with Gasteiger partial charge in [0.25, 0.3) is 0 Å². The largest absolute Gasteiger partial charge is 0.489 e. The van der Waals surface area contributed by atoms with Crippen LogP contribution < -0.4 is 10.5 Å². The highest BCUT2D eigenvalue weighted by molar-refractivity contribution is 5.36. The van der Waals surface area contributed by atoms with Gasteiger partial charge < -0.3 is 10.5 Å². The van der Waals surface area contributed by atoms with Gasteiger partial charge >= 0.3 is 0 Å². The number of ether oxygens (including phenoxy) is 1. The number of rotatable bonds is 5. The van der Waals surface area contributed by atoms with Crippen molar-refractivity contribution in [3.05, 3.63) is 65.5 Å². The molecule has 19 heavy (non-hydrogen) atoms. The van der Waals surface area contributed by atoms with Crippen LogP contribution in [0, 0.1) is 5.82 Å². The zero-order valence-electron chi connectivity index (χ0n) is 11.0. The van der Waals surface area contributed by atoms with Gasteiger partial charge in [-0.1, -0.05) is 37.3 Å². The topological polar surface area (TPSA) is 35.2 Å². The second-order valence-electron chi connectivity index (χ2n) is 4.47. The van der Waals surface area contributed by atoms with Crippen molar-refractivity contribution in [3.8, 4) is 5.75 Å². The van der Waals surface area contributed by atoms with Gasteiger partial charge in [0, 0.05) is 11.6 Å². The second kappa shape index (κ2) is 6.34. The lowest BCUT2D eigenvalue weighted by Crippen LogP contribution is -2.10. The van der Waals surface area contributed by atoms with E-state index in [4.69, 9.17) is 10.5 Å². The summed E-state index contributed by atoms with van der Waals surface area (Å²) in [6.45, 7) is 2.45. The van der Waals surface area contributed by atoms with Gasteiger partial charge in [0.2, 0.25) is 0 Å². The lowest BCUT2D eigenvalue weighted by atomic mass is 10.0. The van der Waals surface area contributed by atoms with Crippen molar-refractivity contribution in [2.75, 3.05) is 0 Å². The molecule has 2 aromatic carbocycles. The summed E-state index contributed by atoms with van der Waals surface area (Å²) in [6, 6.07) is 14.0. The van der Waals surface area contributed by atoms with Crippen LogP contribution in [0.15, 0.2) is 48.5 Å². The Morgan fingerprint density at radius 1 is 1.11 bits per heavy atom. The minimum Gasteiger partial charge on any atom is -0.489 e. The quantitative estimate of drug-likeness (QED) is 0.886. The van der Waals surface area contributed by atoms with Crippen LogP contribution in [0.2, 0.25) is 0 Å². The molecule has 0 fully saturated rings. The molecule has 0 spiro atoms. The summed E-state index contributed by atoms with van der Waals surface area (Å²) in [5.41, 5.74) is 7.99. The Morgan fingerprint density at radius 3 is 2.47 bits per heavy atom. The van der Waals surface area contributed by atoms with Crippen molar-refractivity contribution in [3.63, 3.8) is 0 Å². The van der Waals surface area contributed by atoms with E-state index in [-0.39, 0.29) is 11.9 Å². The van der Waals surface area contributed by atoms with Crippen LogP contribution in [0.5, 0.6) is 5.75 Å². The summed E-state index contributed by atoms with van der Waals surface area (Å²) in [6.07, 6.45) is 0.858. The van der Waals surface area contributed by atoms with Gasteiger partial charge in [-0.25, -0.2) is 4.39 Å². The maximum Gasteiger partial charge on any atom is 0.124 e. The van der Waals surface area contributed by atoms with Crippen molar-refractivity contribution >= 4 is 0 Å². The molecular formula is C16H18FNO. The number of hydrogen-bond acceptors (Lipinski definition) is 2. The van der Waals surface area contributed by atoms with Crippen LogP contribution in [-0.4, -0.2) is 0 Å². The molecule has 3 heteroatoms. The van der Waals surface area contributed by atoms with Gasteiger partial charge in [-0.3, -0.25) is 0 Å². The first-order valence-corrected chi connectivity index (χ1v) is 6.42. The van der Waals surface area contributed by atoms with Crippen LogP contribution in [0.1, 0.15) is 30.5 Å². The average Bonchev–Trinajstić information content (AvgIpc) is 2.46. The summed E-state index contributed by atoms with van der Waals surface area (Å²) in [4.78, 5) is 0. The zero-order valence-corrected chi connectivity index (χ0v) is 11.0. The second-order valence-corrected chi connectivity index (χ2v) is 4.47. The molecule has 2 rings (SSSR count). The molecule has 0 aromatic heterocycles. The van der Waals surface area contributed by atoms with Gasteiger partial charge in [0.05, 0.1) is 0 Å². The number of para-hydroxylation sites is 1. The smallest absolute Gasteiger partial charge is 0.124 e. The van der Waals surface area contributed by atoms with Crippen LogP contribution >= 0.6 is 0 Å². The van der Waals surface area contributed by atoms with Crippen molar-refractivity contribution in [1.82, 2.24) is 0 Å². The van der Waals surface area contributed by atoms with Gasteiger partial charge in [0.1, 0.15) is 18.2 Å². The molecule has 100 valence electrons. The van der Waals surface area contributed by atoms with E-state index in [1.165, 1.54) is 12.1 Å². The highest BCUT2D eigenvalue weighted by Crippen LogP contribution is 2.26. The zero-order chi connectivity index (χ0) is 13.7. The van der Waals surface area contributed by atoms with Crippen LogP contribution in [0.4, 0.5) is 4.39 Å². The molecule has 2 nitrogen and oxygen atoms in total. The predicted octanol–water partition coefficient (Wildman–Crippen LogP) is 3.81. The van der Waals surface area contributed by atoms with E-state index in [1.807, 2.05) is 31.2 Å². The van der Waals surface area contributed by atoms with E-state index in [0.29, 0.717) is 6.61 Å². The minimum absolute atomic E-state index is 0.0237. The fraction of sp³-hybridized carbons (Fsp3) is 0.250. The lowest BCUT2D eigenvalue weighted by Gasteiger charge is -2.15. The molecule has 0 heterocycles. The summed E-state index contributed by atoms with van der Waals surface area (Å²) < 4.78 is 18.6. The molecule has 1 unspecified atom stereocenters. The first-order chi connectivity index (χ1) is 9.20. The molecule has 0 saturated carbocycles. The van der Waals surface area contributed by atoms with Crippen LogP contribution in [0.25, 0.3) is 0 Å². The normalized spacial score (nSPS) is 12.2. The molecule has 0 amide bonds. The third-order valence-electron chi connectivity index (χ3n) is 3.07. The predicted molar refractivity (Wildman–Crippen MR) is 74.4 cm³/mol. The number of hydrogen-bond donors (Lipinski definition) is 1. The Balaban J connectivity index is 2.09. The number of nitrogens with two attached hydrogens (primary N) is 1. The SMILES string of the molecule is CCC(N)c1ccccc1OCc1ccc(F)cc1. The summed E-state index contributed by atoms with van der Waals surface area (Å²) in [5, 5.41) is 0. The maximum atomic E-state index is 12.8. The van der Waals surface area contributed by atoms with E-state index < -0.39 is 0 Å². The van der Waals surface area contributed by atoms with E-state index in [9.17, 15) is 4.39 Å². The maximum absolute atomic E-state index is 12.8. The third kappa shape index (κ3) is 3.55. The molecule has 0 bridgehead atoms. The molecule has 2 aromatic rings. The number of halogens is 1. The van der Waals surface area contributed by atoms with Crippen LogP contribution in [0.3, 0.4) is 0 Å². The van der Waals surface area contributed by atoms with Crippen molar-refractivity contribution in [1.29, 1.82) is 0 Å². The van der Waals surface area contributed by atoms with Gasteiger partial charge in [-0.15, -0.1) is 0 Å². The highest BCUT2D eigenvalue weighted by Gasteiger charge is 2.09. The fourth-order valence-electron chi connectivity index (χ4n) is 1.88. The van der Waals surface area contributed by atoms with Crippen molar-refractivity contribution in [2.24, 2.45) is 5.73 Å². The van der Waals surface area contributed by atoms with E-state index >= 15 is 0 Å². The molecular weight excluding hydrogens is 241 g/mol. The molecule has 0 aliphatic heterocycles. The number of benzene rings is 2. The van der Waals surface area contributed by atoms with Gasteiger partial charge in [0.15, 0.2) is 0 Å². The summed E-state index contributed by atoms with van der Waals surface area (Å²) in [7, 11) is 0. The van der Waals surface area contributed by atoms with Gasteiger partial charge in [-0.2, -0.15) is 0 Å². The summed E-state index contributed by atoms with van der Waals surface area (Å²) >= 11 is 0.